The summed E-state index contributed by atoms with van der Waals surface area (Å²) in [6, 6.07) is 0. The standard InChI is InChI=1S/C15H22O2/c1-3-5-7-8-9-11-13-15(17)14(16)12-10-6-4-2/h2,5-7,9-11,14-17H,3,8,12-13H2,1H3/b7-5+,10-6+,11-9+. The maximum atomic E-state index is 9.61. The maximum Gasteiger partial charge on any atom is 0.0836 e. The van der Waals surface area contributed by atoms with Crippen LogP contribution in [0.15, 0.2) is 36.5 Å². The smallest absolute Gasteiger partial charge is 0.0836 e. The van der Waals surface area contributed by atoms with Crippen molar-refractivity contribution in [2.75, 3.05) is 0 Å². The van der Waals surface area contributed by atoms with Crippen molar-refractivity contribution in [2.24, 2.45) is 0 Å². The lowest BCUT2D eigenvalue weighted by Gasteiger charge is -2.13. The normalized spacial score (nSPS) is 15.6. The fraction of sp³-hybridized carbons (Fsp3) is 0.467. The molecule has 0 aliphatic rings. The van der Waals surface area contributed by atoms with Gasteiger partial charge in [0.25, 0.3) is 0 Å². The quantitative estimate of drug-likeness (QED) is 0.500. The summed E-state index contributed by atoms with van der Waals surface area (Å²) in [5.74, 6) is 2.34. The second-order valence-electron chi connectivity index (χ2n) is 3.76. The molecule has 0 saturated heterocycles. The molecule has 2 atom stereocenters. The number of terminal acetylenes is 1. The Balaban J connectivity index is 3.77. The van der Waals surface area contributed by atoms with Crippen molar-refractivity contribution in [3.8, 4) is 12.3 Å². The Morgan fingerprint density at radius 1 is 1.00 bits per heavy atom. The van der Waals surface area contributed by atoms with E-state index >= 15 is 0 Å². The average Bonchev–Trinajstić information content (AvgIpc) is 2.33. The average molecular weight is 234 g/mol. The highest BCUT2D eigenvalue weighted by molar-refractivity contribution is 5.09. The van der Waals surface area contributed by atoms with Crippen molar-refractivity contribution in [1.82, 2.24) is 0 Å². The Morgan fingerprint density at radius 2 is 1.59 bits per heavy atom. The third-order valence-corrected chi connectivity index (χ3v) is 2.25. The third-order valence-electron chi connectivity index (χ3n) is 2.25. The van der Waals surface area contributed by atoms with E-state index in [1.54, 1.807) is 6.08 Å². The Kier molecular flexibility index (Phi) is 10.3. The first kappa shape index (κ1) is 15.7. The number of aliphatic hydroxyl groups is 2. The zero-order chi connectivity index (χ0) is 12.9. The molecule has 0 aliphatic carbocycles. The van der Waals surface area contributed by atoms with Crippen LogP contribution in [0.25, 0.3) is 0 Å². The van der Waals surface area contributed by atoms with Crippen molar-refractivity contribution in [2.45, 2.75) is 44.8 Å². The van der Waals surface area contributed by atoms with Crippen LogP contribution < -0.4 is 0 Å². The summed E-state index contributed by atoms with van der Waals surface area (Å²) >= 11 is 0. The molecule has 0 heterocycles. The van der Waals surface area contributed by atoms with Gasteiger partial charge in [0.05, 0.1) is 12.2 Å². The van der Waals surface area contributed by atoms with E-state index < -0.39 is 12.2 Å². The molecule has 0 spiro atoms. The van der Waals surface area contributed by atoms with E-state index in [9.17, 15) is 10.2 Å². The van der Waals surface area contributed by atoms with Crippen LogP contribution in [0.5, 0.6) is 0 Å². The minimum atomic E-state index is -0.754. The summed E-state index contributed by atoms with van der Waals surface area (Å²) in [7, 11) is 0. The summed E-state index contributed by atoms with van der Waals surface area (Å²) < 4.78 is 0. The molecule has 0 saturated carbocycles. The predicted molar refractivity (Wildman–Crippen MR) is 72.4 cm³/mol. The molecular formula is C15H22O2. The van der Waals surface area contributed by atoms with Gasteiger partial charge in [0.15, 0.2) is 0 Å². The van der Waals surface area contributed by atoms with Crippen LogP contribution in [0.2, 0.25) is 0 Å². The summed E-state index contributed by atoms with van der Waals surface area (Å²) in [6.07, 6.45) is 17.6. The molecule has 0 bridgehead atoms. The number of aliphatic hydroxyl groups excluding tert-OH is 2. The van der Waals surface area contributed by atoms with Gasteiger partial charge in [0.2, 0.25) is 0 Å². The van der Waals surface area contributed by atoms with Crippen LogP contribution in [0.3, 0.4) is 0 Å². The molecule has 2 unspecified atom stereocenters. The van der Waals surface area contributed by atoms with Crippen LogP contribution in [-0.2, 0) is 0 Å². The first-order valence-electron chi connectivity index (χ1n) is 5.99. The molecule has 0 radical (unpaired) electrons. The van der Waals surface area contributed by atoms with Crippen molar-refractivity contribution >= 4 is 0 Å². The van der Waals surface area contributed by atoms with Gasteiger partial charge in [-0.3, -0.25) is 0 Å². The van der Waals surface area contributed by atoms with E-state index in [2.05, 4.69) is 25.0 Å². The summed E-state index contributed by atoms with van der Waals surface area (Å²) in [5, 5.41) is 19.2. The first-order valence-corrected chi connectivity index (χ1v) is 5.99. The lowest BCUT2D eigenvalue weighted by Crippen LogP contribution is -2.24. The lowest BCUT2D eigenvalue weighted by atomic mass is 10.1. The van der Waals surface area contributed by atoms with Gasteiger partial charge in [0, 0.05) is 0 Å². The molecule has 0 amide bonds. The summed E-state index contributed by atoms with van der Waals surface area (Å²) in [6.45, 7) is 2.09. The van der Waals surface area contributed by atoms with E-state index in [0.717, 1.165) is 12.8 Å². The second-order valence-corrected chi connectivity index (χ2v) is 3.76. The Labute approximate surface area is 104 Å². The van der Waals surface area contributed by atoms with Crippen LogP contribution in [-0.4, -0.2) is 22.4 Å². The molecule has 2 N–H and O–H groups in total. The highest BCUT2D eigenvalue weighted by Gasteiger charge is 2.12. The highest BCUT2D eigenvalue weighted by Crippen LogP contribution is 2.05. The molecule has 0 aliphatic heterocycles. The van der Waals surface area contributed by atoms with Crippen molar-refractivity contribution in [3.63, 3.8) is 0 Å². The minimum Gasteiger partial charge on any atom is -0.390 e. The van der Waals surface area contributed by atoms with E-state index in [1.807, 2.05) is 12.2 Å². The van der Waals surface area contributed by atoms with Gasteiger partial charge >= 0.3 is 0 Å². The maximum absolute atomic E-state index is 9.61. The number of allylic oxidation sites excluding steroid dienone is 4. The van der Waals surface area contributed by atoms with E-state index in [1.165, 1.54) is 6.08 Å². The Hall–Kier alpha value is -1.30. The number of hydrogen-bond acceptors (Lipinski definition) is 2. The van der Waals surface area contributed by atoms with Gasteiger partial charge in [-0.15, -0.1) is 6.42 Å². The van der Waals surface area contributed by atoms with Crippen molar-refractivity contribution in [3.05, 3.63) is 36.5 Å². The van der Waals surface area contributed by atoms with E-state index in [0.29, 0.717) is 12.8 Å². The molecule has 17 heavy (non-hydrogen) atoms. The molecule has 0 aromatic carbocycles. The molecule has 2 heteroatoms. The third kappa shape index (κ3) is 9.62. The van der Waals surface area contributed by atoms with Crippen LogP contribution in [0.4, 0.5) is 0 Å². The number of rotatable bonds is 8. The van der Waals surface area contributed by atoms with Gasteiger partial charge in [-0.25, -0.2) is 0 Å². The molecule has 0 aromatic heterocycles. The zero-order valence-electron chi connectivity index (χ0n) is 10.4. The highest BCUT2D eigenvalue weighted by atomic mass is 16.3. The fourth-order valence-electron chi connectivity index (χ4n) is 1.26. The molecule has 0 fully saturated rings. The van der Waals surface area contributed by atoms with Crippen LogP contribution in [0.1, 0.15) is 32.6 Å². The topological polar surface area (TPSA) is 40.5 Å². The zero-order valence-corrected chi connectivity index (χ0v) is 10.4. The SMILES string of the molecule is C#C/C=C/CC(O)C(O)C/C=C/C/C=C/CC. The molecular weight excluding hydrogens is 212 g/mol. The predicted octanol–water partition coefficient (Wildman–Crippen LogP) is 2.59. The lowest BCUT2D eigenvalue weighted by molar-refractivity contribution is 0.0238. The largest absolute Gasteiger partial charge is 0.390 e. The van der Waals surface area contributed by atoms with Gasteiger partial charge in [-0.1, -0.05) is 43.2 Å². The van der Waals surface area contributed by atoms with Crippen molar-refractivity contribution in [1.29, 1.82) is 0 Å². The molecule has 2 nitrogen and oxygen atoms in total. The Bertz CT molecular complexity index is 295. The number of hydrogen-bond donors (Lipinski definition) is 2. The van der Waals surface area contributed by atoms with Crippen LogP contribution >= 0.6 is 0 Å². The van der Waals surface area contributed by atoms with Gasteiger partial charge in [-0.05, 0) is 31.8 Å². The first-order chi connectivity index (χ1) is 8.22. The van der Waals surface area contributed by atoms with E-state index in [4.69, 9.17) is 6.42 Å². The summed E-state index contributed by atoms with van der Waals surface area (Å²) in [4.78, 5) is 0. The molecule has 94 valence electrons. The van der Waals surface area contributed by atoms with Crippen LogP contribution in [0, 0.1) is 12.3 Å². The van der Waals surface area contributed by atoms with E-state index in [-0.39, 0.29) is 0 Å². The molecule has 0 rings (SSSR count). The minimum absolute atomic E-state index is 0.384. The van der Waals surface area contributed by atoms with Gasteiger partial charge in [-0.2, -0.15) is 0 Å². The monoisotopic (exact) mass is 234 g/mol. The second kappa shape index (κ2) is 11.2. The van der Waals surface area contributed by atoms with Crippen molar-refractivity contribution < 1.29 is 10.2 Å². The summed E-state index contributed by atoms with van der Waals surface area (Å²) in [5.41, 5.74) is 0. The molecule has 0 aromatic rings. The fourth-order valence-corrected chi connectivity index (χ4v) is 1.26. The Morgan fingerprint density at radius 3 is 2.18 bits per heavy atom. The van der Waals surface area contributed by atoms with Gasteiger partial charge < -0.3 is 10.2 Å². The van der Waals surface area contributed by atoms with Gasteiger partial charge in [0.1, 0.15) is 0 Å².